The number of cyclic esters (lactones) is 2. The first-order chi connectivity index (χ1) is 27.7. The van der Waals surface area contributed by atoms with E-state index in [2.05, 4.69) is 10.6 Å². The molecule has 1 aromatic carbocycles. The topological polar surface area (TPSA) is 192 Å². The number of aliphatic hydroxyl groups is 1. The Morgan fingerprint density at radius 3 is 2.00 bits per heavy atom. The van der Waals surface area contributed by atoms with Gasteiger partial charge in [0.05, 0.1) is 12.6 Å². The van der Waals surface area contributed by atoms with Crippen molar-refractivity contribution in [3.8, 4) is 0 Å². The van der Waals surface area contributed by atoms with E-state index >= 15 is 0 Å². The Morgan fingerprint density at radius 2 is 1.42 bits per heavy atom. The predicted molar refractivity (Wildman–Crippen MR) is 223 cm³/mol. The molecule has 15 heteroatoms. The number of carbonyl (C=O) groups excluding carboxylic acids is 7. The fourth-order valence-corrected chi connectivity index (χ4v) is 6.72. The fourth-order valence-electron chi connectivity index (χ4n) is 6.72. The van der Waals surface area contributed by atoms with Crippen molar-refractivity contribution in [1.82, 2.24) is 25.3 Å². The number of ether oxygens (including phenoxy) is 2. The molecule has 0 saturated heterocycles. The highest BCUT2D eigenvalue weighted by molar-refractivity contribution is 5.96. The van der Waals surface area contributed by atoms with Crippen molar-refractivity contribution >= 4 is 41.5 Å². The summed E-state index contributed by atoms with van der Waals surface area (Å²) in [7, 11) is 4.32. The Kier molecular flexibility index (Phi) is 20.2. The number of amides is 5. The normalized spacial score (nSPS) is 28.3. The number of benzene rings is 1. The van der Waals surface area contributed by atoms with Crippen LogP contribution in [0.2, 0.25) is 0 Å². The van der Waals surface area contributed by atoms with Crippen LogP contribution < -0.4 is 10.6 Å². The van der Waals surface area contributed by atoms with Gasteiger partial charge < -0.3 is 39.9 Å². The van der Waals surface area contributed by atoms with Gasteiger partial charge in [-0.3, -0.25) is 24.0 Å². The van der Waals surface area contributed by atoms with E-state index in [4.69, 9.17) is 9.47 Å². The molecule has 0 spiro atoms. The molecule has 0 saturated carbocycles. The third-order valence-electron chi connectivity index (χ3n) is 11.6. The minimum absolute atomic E-state index is 0.0141. The molecule has 1 aliphatic rings. The van der Waals surface area contributed by atoms with Crippen LogP contribution in [0.25, 0.3) is 0 Å². The van der Waals surface area contributed by atoms with E-state index in [1.807, 2.05) is 39.0 Å². The van der Waals surface area contributed by atoms with Crippen molar-refractivity contribution in [2.45, 2.75) is 143 Å². The molecule has 0 fully saturated rings. The number of hydrogen-bond acceptors (Lipinski definition) is 10. The molecule has 330 valence electrons. The summed E-state index contributed by atoms with van der Waals surface area (Å²) in [6.45, 7) is 14.9. The predicted octanol–water partition coefficient (Wildman–Crippen LogP) is 3.41. The lowest BCUT2D eigenvalue weighted by Crippen LogP contribution is -2.58. The van der Waals surface area contributed by atoms with Gasteiger partial charge in [-0.2, -0.15) is 0 Å². The quantitative estimate of drug-likeness (QED) is 0.328. The number of aliphatic hydroxyl groups excluding tert-OH is 1. The third-order valence-corrected chi connectivity index (χ3v) is 11.6. The molecule has 1 aromatic rings. The van der Waals surface area contributed by atoms with Crippen molar-refractivity contribution in [3.05, 3.63) is 47.5 Å². The zero-order chi connectivity index (χ0) is 44.7. The first-order valence-electron chi connectivity index (χ1n) is 20.9. The van der Waals surface area contributed by atoms with Gasteiger partial charge in [0.15, 0.2) is 6.10 Å². The average Bonchev–Trinajstić information content (AvgIpc) is 3.22. The van der Waals surface area contributed by atoms with Gasteiger partial charge in [0.25, 0.3) is 5.91 Å². The highest BCUT2D eigenvalue weighted by atomic mass is 16.6. The molecule has 59 heavy (non-hydrogen) atoms. The minimum Gasteiger partial charge on any atom is -0.460 e. The molecular weight excluding hydrogens is 759 g/mol. The first-order valence-corrected chi connectivity index (χ1v) is 20.9. The van der Waals surface area contributed by atoms with Gasteiger partial charge >= 0.3 is 11.9 Å². The van der Waals surface area contributed by atoms with Crippen molar-refractivity contribution in [2.75, 3.05) is 27.7 Å². The summed E-state index contributed by atoms with van der Waals surface area (Å²) >= 11 is 0. The molecule has 10 atom stereocenters. The lowest BCUT2D eigenvalue weighted by molar-refractivity contribution is -0.163. The molecule has 1 aliphatic heterocycles. The molecular formula is C44H69N5O10. The summed E-state index contributed by atoms with van der Waals surface area (Å²) in [5, 5.41) is 16.7. The van der Waals surface area contributed by atoms with Crippen molar-refractivity contribution in [2.24, 2.45) is 17.8 Å². The number of hydrogen-bond donors (Lipinski definition) is 3. The van der Waals surface area contributed by atoms with Gasteiger partial charge in [-0.25, -0.2) is 9.59 Å². The van der Waals surface area contributed by atoms with E-state index < -0.39 is 102 Å². The van der Waals surface area contributed by atoms with Gasteiger partial charge in [-0.05, 0) is 51.5 Å². The standard InChI is InChI=1S/C44H69N5O10/c1-13-19-35-29(7)34(50)23-22-28(6)43(56)59-38(27(5)15-3)39(52)45-30(8)40(53)49(12)33(24-32-20-17-16-18-21-32)41(54)47(10)25-36(51)46-37(26(4)14-2)42(55)48(11)31(9)44(57)58-35/h16-18,20-22,26-27,29-31,33-35,37-38,50H,13-15,19,23-25H2,1-12H3,(H,45,52)(H,46,51). The SMILES string of the molecule is CCCC1OC(=O)C(C)N(C)C(=O)C(C(C)CC)NC(=O)CN(C)C(=O)C(Cc2ccccc2)N(C)C(=O)C(C)NC(=O)C(C(C)CC)OC(=O)C(C)=CCC(O)C1C. The Bertz CT molecular complexity index is 1640. The van der Waals surface area contributed by atoms with Crippen LogP contribution in [0.5, 0.6) is 0 Å². The molecule has 0 radical (unpaired) electrons. The van der Waals surface area contributed by atoms with E-state index in [-0.39, 0.29) is 24.3 Å². The van der Waals surface area contributed by atoms with Crippen molar-refractivity contribution < 1.29 is 48.1 Å². The molecule has 5 amide bonds. The summed E-state index contributed by atoms with van der Waals surface area (Å²) in [4.78, 5) is 99.9. The number of nitrogens with one attached hydrogen (secondary N) is 2. The van der Waals surface area contributed by atoms with Gasteiger partial charge in [-0.15, -0.1) is 0 Å². The monoisotopic (exact) mass is 828 g/mol. The largest absolute Gasteiger partial charge is 0.460 e. The van der Waals surface area contributed by atoms with Gasteiger partial charge in [0.1, 0.15) is 30.3 Å². The summed E-state index contributed by atoms with van der Waals surface area (Å²) in [6.07, 6.45) is 0.625. The molecule has 0 aliphatic carbocycles. The maximum atomic E-state index is 14.2. The van der Waals surface area contributed by atoms with E-state index in [1.54, 1.807) is 32.9 Å². The molecule has 1 heterocycles. The third kappa shape index (κ3) is 14.2. The van der Waals surface area contributed by atoms with Crippen LogP contribution in [0.15, 0.2) is 42.0 Å². The van der Waals surface area contributed by atoms with Gasteiger partial charge in [0.2, 0.25) is 23.6 Å². The Morgan fingerprint density at radius 1 is 0.814 bits per heavy atom. The van der Waals surface area contributed by atoms with Crippen LogP contribution in [0.1, 0.15) is 100.0 Å². The van der Waals surface area contributed by atoms with Crippen LogP contribution >= 0.6 is 0 Å². The van der Waals surface area contributed by atoms with Gasteiger partial charge in [0, 0.05) is 45.0 Å². The number of carbonyl (C=O) groups is 7. The molecule has 0 aromatic heterocycles. The Balaban J connectivity index is 2.63. The minimum atomic E-state index is -1.26. The summed E-state index contributed by atoms with van der Waals surface area (Å²) in [5.41, 5.74) is 0.891. The molecule has 2 rings (SSSR count). The summed E-state index contributed by atoms with van der Waals surface area (Å²) < 4.78 is 11.6. The van der Waals surface area contributed by atoms with Crippen LogP contribution in [0, 0.1) is 17.8 Å². The average molecular weight is 828 g/mol. The first kappa shape index (κ1) is 50.4. The highest BCUT2D eigenvalue weighted by Crippen LogP contribution is 2.23. The number of rotatable bonds is 8. The molecule has 15 nitrogen and oxygen atoms in total. The molecule has 0 bridgehead atoms. The van der Waals surface area contributed by atoms with Gasteiger partial charge in [-0.1, -0.05) is 90.8 Å². The zero-order valence-corrected chi connectivity index (χ0v) is 37.2. The highest BCUT2D eigenvalue weighted by Gasteiger charge is 2.38. The number of likely N-dealkylation sites (N-methyl/N-ethyl adjacent to an activating group) is 3. The number of esters is 2. The number of nitrogens with zero attached hydrogens (tertiary/aromatic N) is 3. The lowest BCUT2D eigenvalue weighted by atomic mass is 9.92. The van der Waals surface area contributed by atoms with Crippen molar-refractivity contribution in [3.63, 3.8) is 0 Å². The van der Waals surface area contributed by atoms with Crippen molar-refractivity contribution in [1.29, 1.82) is 0 Å². The molecule has 3 N–H and O–H groups in total. The second kappa shape index (κ2) is 23.7. The second-order valence-electron chi connectivity index (χ2n) is 16.2. The van der Waals surface area contributed by atoms with Crippen LogP contribution in [0.4, 0.5) is 0 Å². The molecule has 10 unspecified atom stereocenters. The summed E-state index contributed by atoms with van der Waals surface area (Å²) in [5.74, 6) is -5.84. The lowest BCUT2D eigenvalue weighted by Gasteiger charge is -2.34. The fraction of sp³-hybridized carbons (Fsp3) is 0.659. The second-order valence-corrected chi connectivity index (χ2v) is 16.2. The van der Waals surface area contributed by atoms with E-state index in [0.29, 0.717) is 25.7 Å². The van der Waals surface area contributed by atoms with Crippen LogP contribution in [-0.4, -0.2) is 131 Å². The van der Waals surface area contributed by atoms with Crippen LogP contribution in [0.3, 0.4) is 0 Å². The van der Waals surface area contributed by atoms with E-state index in [1.165, 1.54) is 62.7 Å². The summed E-state index contributed by atoms with van der Waals surface area (Å²) in [6, 6.07) is 4.69. The smallest absolute Gasteiger partial charge is 0.334 e. The Labute approximate surface area is 350 Å². The Hall–Kier alpha value is -4.79. The maximum Gasteiger partial charge on any atom is 0.334 e. The maximum absolute atomic E-state index is 14.2. The van der Waals surface area contributed by atoms with E-state index in [0.717, 1.165) is 5.56 Å². The zero-order valence-electron chi connectivity index (χ0n) is 37.2. The van der Waals surface area contributed by atoms with E-state index in [9.17, 15) is 38.7 Å². The van der Waals surface area contributed by atoms with Crippen LogP contribution in [-0.2, 0) is 49.5 Å².